The molecule has 0 rings (SSSR count). The maximum Gasteiger partial charge on any atom is -0.0398 e. The van der Waals surface area contributed by atoms with Crippen molar-refractivity contribution in [2.24, 2.45) is 0 Å². The summed E-state index contributed by atoms with van der Waals surface area (Å²) < 4.78 is 0. The van der Waals surface area contributed by atoms with Gasteiger partial charge in [-0.15, -0.1) is 0 Å². The molecule has 0 aliphatic carbocycles. The van der Waals surface area contributed by atoms with Crippen LogP contribution in [0.4, 0.5) is 0 Å². The monoisotopic (exact) mass is 120 g/mol. The molecule has 0 aromatic heterocycles. The van der Waals surface area contributed by atoms with Crippen molar-refractivity contribution in [1.29, 1.82) is 0 Å². The number of allylic oxidation sites excluding steroid dienone is 6. The van der Waals surface area contributed by atoms with Crippen molar-refractivity contribution in [3.05, 3.63) is 49.1 Å². The fraction of sp³-hybridized carbons (Fsp3) is 0.111. The topological polar surface area (TPSA) is 0 Å². The molecule has 0 aliphatic rings. The average molecular weight is 120 g/mol. The van der Waals surface area contributed by atoms with Gasteiger partial charge in [-0.2, -0.15) is 0 Å². The van der Waals surface area contributed by atoms with Crippen molar-refractivity contribution < 1.29 is 0 Å². The lowest BCUT2D eigenvalue weighted by Gasteiger charge is -1.81. The first kappa shape index (κ1) is 7.96. The average Bonchev–Trinajstić information content (AvgIpc) is 1.89. The van der Waals surface area contributed by atoms with Crippen LogP contribution >= 0.6 is 0 Å². The van der Waals surface area contributed by atoms with E-state index in [0.717, 1.165) is 5.57 Å². The van der Waals surface area contributed by atoms with Crippen LogP contribution in [0.25, 0.3) is 0 Å². The first-order valence-electron chi connectivity index (χ1n) is 2.89. The summed E-state index contributed by atoms with van der Waals surface area (Å²) in [5.41, 5.74) is 1.16. The minimum atomic E-state index is 1.16. The van der Waals surface area contributed by atoms with E-state index in [0.29, 0.717) is 0 Å². The summed E-state index contributed by atoms with van der Waals surface area (Å²) in [7, 11) is 0. The highest BCUT2D eigenvalue weighted by molar-refractivity contribution is 5.21. The van der Waals surface area contributed by atoms with Gasteiger partial charge >= 0.3 is 0 Å². The molecule has 0 saturated carbocycles. The molecule has 0 bridgehead atoms. The van der Waals surface area contributed by atoms with Crippen LogP contribution in [0, 0.1) is 0 Å². The fourth-order valence-electron chi connectivity index (χ4n) is 0.354. The van der Waals surface area contributed by atoms with Crippen LogP contribution in [0.2, 0.25) is 0 Å². The van der Waals surface area contributed by atoms with Crippen LogP contribution in [-0.4, -0.2) is 0 Å². The van der Waals surface area contributed by atoms with Gasteiger partial charge in [0.1, 0.15) is 0 Å². The molecule has 0 atom stereocenters. The van der Waals surface area contributed by atoms with Crippen molar-refractivity contribution >= 4 is 0 Å². The Hall–Kier alpha value is -1.04. The second kappa shape index (κ2) is 5.10. The third kappa shape index (κ3) is 4.82. The summed E-state index contributed by atoms with van der Waals surface area (Å²) in [6.07, 6.45) is 9.35. The zero-order valence-corrected chi connectivity index (χ0v) is 5.80. The van der Waals surface area contributed by atoms with Crippen LogP contribution in [0.15, 0.2) is 49.1 Å². The van der Waals surface area contributed by atoms with Gasteiger partial charge in [0.25, 0.3) is 0 Å². The summed E-state index contributed by atoms with van der Waals surface area (Å²) in [6, 6.07) is 0. The smallest absolute Gasteiger partial charge is 0.0398 e. The van der Waals surface area contributed by atoms with E-state index in [-0.39, 0.29) is 0 Å². The van der Waals surface area contributed by atoms with Crippen LogP contribution in [-0.2, 0) is 0 Å². The Morgan fingerprint density at radius 1 is 1.22 bits per heavy atom. The van der Waals surface area contributed by atoms with Crippen molar-refractivity contribution in [3.63, 3.8) is 0 Å². The van der Waals surface area contributed by atoms with Crippen LogP contribution < -0.4 is 0 Å². The van der Waals surface area contributed by atoms with Gasteiger partial charge in [0.15, 0.2) is 0 Å². The van der Waals surface area contributed by atoms with Crippen molar-refractivity contribution in [3.8, 4) is 0 Å². The summed E-state index contributed by atoms with van der Waals surface area (Å²) >= 11 is 0. The lowest BCUT2D eigenvalue weighted by atomic mass is 10.3. The largest absolute Gasteiger partial charge is 0.0991 e. The van der Waals surface area contributed by atoms with Gasteiger partial charge in [0.05, 0.1) is 0 Å². The molecule has 0 N–H and O–H groups in total. The first-order chi connectivity index (χ1) is 4.31. The molecular weight excluding hydrogens is 108 g/mol. The van der Waals surface area contributed by atoms with Crippen molar-refractivity contribution in [1.82, 2.24) is 0 Å². The first-order valence-corrected chi connectivity index (χ1v) is 2.89. The molecule has 0 heterocycles. The maximum absolute atomic E-state index is 3.61. The normalized spacial score (nSPS) is 11.9. The van der Waals surface area contributed by atoms with Crippen LogP contribution in [0.5, 0.6) is 0 Å². The summed E-state index contributed by atoms with van der Waals surface area (Å²) in [6.45, 7) is 9.15. The highest BCUT2D eigenvalue weighted by Gasteiger charge is 1.70. The van der Waals surface area contributed by atoms with E-state index in [1.54, 1.807) is 6.08 Å². The molecule has 0 unspecified atom stereocenters. The van der Waals surface area contributed by atoms with E-state index in [4.69, 9.17) is 0 Å². The van der Waals surface area contributed by atoms with Crippen LogP contribution in [0.3, 0.4) is 0 Å². The lowest BCUT2D eigenvalue weighted by molar-refractivity contribution is 1.54. The van der Waals surface area contributed by atoms with Gasteiger partial charge in [-0.3, -0.25) is 0 Å². The molecule has 0 aliphatic heterocycles. The van der Waals surface area contributed by atoms with Gasteiger partial charge in [-0.05, 0) is 6.92 Å². The molecule has 0 saturated heterocycles. The quantitative estimate of drug-likeness (QED) is 0.502. The third-order valence-corrected chi connectivity index (χ3v) is 0.928. The van der Waals surface area contributed by atoms with Gasteiger partial charge in [-0.1, -0.05) is 49.1 Å². The zero-order valence-electron chi connectivity index (χ0n) is 5.80. The van der Waals surface area contributed by atoms with Crippen molar-refractivity contribution in [2.45, 2.75) is 6.92 Å². The molecule has 0 radical (unpaired) electrons. The van der Waals surface area contributed by atoms with Crippen LogP contribution in [0.1, 0.15) is 6.92 Å². The zero-order chi connectivity index (χ0) is 7.11. The van der Waals surface area contributed by atoms with Gasteiger partial charge in [-0.25, -0.2) is 0 Å². The Kier molecular flexibility index (Phi) is 4.51. The molecule has 0 spiro atoms. The fourth-order valence-corrected chi connectivity index (χ4v) is 0.354. The molecule has 9 heavy (non-hydrogen) atoms. The predicted molar refractivity (Wildman–Crippen MR) is 43.3 cm³/mol. The Morgan fingerprint density at radius 3 is 2.33 bits per heavy atom. The van der Waals surface area contributed by atoms with Gasteiger partial charge < -0.3 is 0 Å². The van der Waals surface area contributed by atoms with Gasteiger partial charge in [0.2, 0.25) is 0 Å². The highest BCUT2D eigenvalue weighted by atomic mass is 13.8. The second-order valence-electron chi connectivity index (χ2n) is 1.74. The van der Waals surface area contributed by atoms with E-state index in [9.17, 15) is 0 Å². The molecule has 48 valence electrons. The summed E-state index contributed by atoms with van der Waals surface area (Å²) in [5.74, 6) is 0. The van der Waals surface area contributed by atoms with E-state index >= 15 is 0 Å². The van der Waals surface area contributed by atoms with E-state index < -0.39 is 0 Å². The second-order valence-corrected chi connectivity index (χ2v) is 1.74. The molecular formula is C9H12. The SMILES string of the molecule is C=C/C=C\C=C(/C)C=C. The lowest BCUT2D eigenvalue weighted by Crippen LogP contribution is -1.60. The number of rotatable bonds is 3. The van der Waals surface area contributed by atoms with Crippen molar-refractivity contribution in [2.75, 3.05) is 0 Å². The van der Waals surface area contributed by atoms with E-state index in [1.807, 2.05) is 31.2 Å². The summed E-state index contributed by atoms with van der Waals surface area (Å²) in [5, 5.41) is 0. The highest BCUT2D eigenvalue weighted by Crippen LogP contribution is 1.91. The number of hydrogen-bond donors (Lipinski definition) is 0. The Bertz CT molecular complexity index is 147. The Balaban J connectivity index is 3.81. The third-order valence-electron chi connectivity index (χ3n) is 0.928. The molecule has 0 amide bonds. The van der Waals surface area contributed by atoms with Gasteiger partial charge in [0, 0.05) is 0 Å². The molecule has 0 aromatic rings. The Labute approximate surface area is 56.9 Å². The minimum Gasteiger partial charge on any atom is -0.0991 e. The van der Waals surface area contributed by atoms with E-state index in [1.165, 1.54) is 0 Å². The maximum atomic E-state index is 3.61. The minimum absolute atomic E-state index is 1.16. The molecule has 0 nitrogen and oxygen atoms in total. The molecule has 0 heteroatoms. The summed E-state index contributed by atoms with van der Waals surface area (Å²) in [4.78, 5) is 0. The Morgan fingerprint density at radius 2 is 1.89 bits per heavy atom. The molecule has 0 aromatic carbocycles. The predicted octanol–water partition coefficient (Wildman–Crippen LogP) is 2.86. The number of hydrogen-bond acceptors (Lipinski definition) is 0. The van der Waals surface area contributed by atoms with E-state index in [2.05, 4.69) is 13.2 Å². The molecule has 0 fully saturated rings. The standard InChI is InChI=1S/C9H12/c1-4-6-7-8-9(3)5-2/h4-8H,1-2H2,3H3/b7-6-,9-8+.